The average Bonchev–Trinajstić information content (AvgIpc) is 3.55. The number of rotatable bonds is 10. The van der Waals surface area contributed by atoms with Crippen LogP contribution in [0.1, 0.15) is 63.3 Å². The average molecular weight is 800 g/mol. The Balaban J connectivity index is 1.37. The predicted octanol–water partition coefficient (Wildman–Crippen LogP) is 9.05. The van der Waals surface area contributed by atoms with Crippen molar-refractivity contribution in [2.45, 2.75) is 70.9 Å². The van der Waals surface area contributed by atoms with E-state index in [1.807, 2.05) is 6.07 Å². The fourth-order valence-electron chi connectivity index (χ4n) is 7.06. The second-order valence-electron chi connectivity index (χ2n) is 15.2. The van der Waals surface area contributed by atoms with Crippen molar-refractivity contribution in [3.05, 3.63) is 59.1 Å². The lowest BCUT2D eigenvalue weighted by molar-refractivity contribution is -0.137. The summed E-state index contributed by atoms with van der Waals surface area (Å²) in [5, 5.41) is 21.4. The number of aliphatic hydroxyl groups excluding tert-OH is 1. The minimum Gasteiger partial charge on any atom is -0.466 e. The summed E-state index contributed by atoms with van der Waals surface area (Å²) in [7, 11) is 1.70. The summed E-state index contributed by atoms with van der Waals surface area (Å²) < 4.78 is 99.8. The number of piperidine rings is 1. The van der Waals surface area contributed by atoms with Crippen LogP contribution in [0.3, 0.4) is 0 Å². The molecule has 1 aliphatic carbocycles. The molecule has 0 radical (unpaired) electrons. The molecule has 1 saturated carbocycles. The molecule has 2 fully saturated rings. The van der Waals surface area contributed by atoms with Crippen molar-refractivity contribution in [3.8, 4) is 34.5 Å². The van der Waals surface area contributed by atoms with E-state index in [4.69, 9.17) is 18.6 Å². The number of anilines is 1. The Morgan fingerprint density at radius 2 is 1.89 bits per heavy atom. The number of furan rings is 1. The number of hydrogen-bond acceptors (Lipinski definition) is 11. The maximum atomic E-state index is 17.2. The number of aliphatic hydroxyl groups is 1. The number of hydrogen-bond donors (Lipinski definition) is 2. The highest BCUT2D eigenvalue weighted by atomic mass is 32.1. The standard InChI is InChI=1S/C39H38F5N5O6S/c1-37(2,3)55-36(51)48-34-25(15-45)28-23(5-6-27(40)33(28)56-34)29-26(39(42,43)44)14-24-31(20-13-22(16-50)53-17-20)46-35(47-32(24)30(29)41)54-19-38(9-10-38)18-49-11-7-21(52-4)8-12-49/h5-6,13-14,17,21,50H,7-12,16,18-19H2,1-4H3,(H,48,51). The summed E-state index contributed by atoms with van der Waals surface area (Å²) in [5.41, 5.74) is -5.00. The first-order chi connectivity index (χ1) is 26.5. The molecular formula is C39H38F5N5O6S. The number of carbonyl (C=O) groups excluding carboxylic acids is 1. The van der Waals surface area contributed by atoms with Crippen molar-refractivity contribution < 1.29 is 50.5 Å². The highest BCUT2D eigenvalue weighted by molar-refractivity contribution is 7.23. The molecule has 1 saturated heterocycles. The zero-order valence-electron chi connectivity index (χ0n) is 30.9. The van der Waals surface area contributed by atoms with E-state index in [0.717, 1.165) is 57.5 Å². The minimum atomic E-state index is -5.18. The summed E-state index contributed by atoms with van der Waals surface area (Å²) >= 11 is 0.597. The van der Waals surface area contributed by atoms with Gasteiger partial charge in [-0.2, -0.15) is 28.4 Å². The van der Waals surface area contributed by atoms with Gasteiger partial charge in [0.15, 0.2) is 5.82 Å². The van der Waals surface area contributed by atoms with Gasteiger partial charge in [0.2, 0.25) is 0 Å². The highest BCUT2D eigenvalue weighted by Crippen LogP contribution is 2.50. The van der Waals surface area contributed by atoms with Crippen molar-refractivity contribution >= 4 is 43.4 Å². The minimum absolute atomic E-state index is 0.0857. The number of likely N-dealkylation sites (tertiary alicyclic amines) is 1. The van der Waals surface area contributed by atoms with Crippen molar-refractivity contribution in [2.75, 3.05) is 38.7 Å². The lowest BCUT2D eigenvalue weighted by Crippen LogP contribution is -2.41. The SMILES string of the molecule is COC1CCN(CC2(COc3nc(-c4coc(CO)c4)c4cc(C(F)(F)F)c(-c5ccc(F)c6sc(NC(=O)OC(C)(C)C)c(C#N)c56)c(F)c4n3)CC2)CC1. The number of methoxy groups -OCH3 is 1. The number of aromatic nitrogens is 2. The maximum Gasteiger partial charge on any atom is 0.417 e. The molecular weight excluding hydrogens is 762 g/mol. The molecule has 1 aliphatic heterocycles. The van der Waals surface area contributed by atoms with Gasteiger partial charge >= 0.3 is 18.3 Å². The molecule has 17 heteroatoms. The molecule has 11 nitrogen and oxygen atoms in total. The van der Waals surface area contributed by atoms with E-state index < -0.39 is 58.3 Å². The number of nitriles is 1. The van der Waals surface area contributed by atoms with Gasteiger partial charge in [0, 0.05) is 54.1 Å². The molecule has 56 heavy (non-hydrogen) atoms. The summed E-state index contributed by atoms with van der Waals surface area (Å²) in [6.07, 6.45) is -1.26. The van der Waals surface area contributed by atoms with Crippen LogP contribution >= 0.6 is 11.3 Å². The molecule has 0 unspecified atom stereocenters. The van der Waals surface area contributed by atoms with Crippen molar-refractivity contribution in [3.63, 3.8) is 0 Å². The van der Waals surface area contributed by atoms with Gasteiger partial charge in [-0.25, -0.2) is 13.6 Å². The second-order valence-corrected chi connectivity index (χ2v) is 16.2. The van der Waals surface area contributed by atoms with Crippen LogP contribution in [0.2, 0.25) is 0 Å². The Hall–Kier alpha value is -4.89. The topological polar surface area (TPSA) is 143 Å². The Morgan fingerprint density at radius 1 is 1.16 bits per heavy atom. The number of nitrogens with zero attached hydrogens (tertiary/aromatic N) is 4. The number of halogens is 5. The Bertz CT molecular complexity index is 2350. The van der Waals surface area contributed by atoms with Crippen LogP contribution in [-0.4, -0.2) is 71.1 Å². The van der Waals surface area contributed by atoms with Crippen molar-refractivity contribution in [2.24, 2.45) is 5.41 Å². The number of amides is 1. The van der Waals surface area contributed by atoms with Crippen molar-refractivity contribution in [1.29, 1.82) is 5.26 Å². The lowest BCUT2D eigenvalue weighted by Gasteiger charge is -2.33. The summed E-state index contributed by atoms with van der Waals surface area (Å²) in [6, 6.07) is 5.42. The quantitative estimate of drug-likeness (QED) is 0.131. The van der Waals surface area contributed by atoms with E-state index in [1.54, 1.807) is 27.9 Å². The molecule has 2 N–H and O–H groups in total. The first-order valence-corrected chi connectivity index (χ1v) is 18.7. The zero-order valence-corrected chi connectivity index (χ0v) is 31.7. The number of nitrogens with one attached hydrogen (secondary N) is 1. The van der Waals surface area contributed by atoms with Crippen LogP contribution in [0.15, 0.2) is 34.9 Å². The largest absolute Gasteiger partial charge is 0.466 e. The van der Waals surface area contributed by atoms with Gasteiger partial charge in [0.25, 0.3) is 0 Å². The number of alkyl halides is 3. The monoisotopic (exact) mass is 799 g/mol. The first-order valence-electron chi connectivity index (χ1n) is 17.9. The third-order valence-corrected chi connectivity index (χ3v) is 11.1. The van der Waals surface area contributed by atoms with Gasteiger partial charge in [0.05, 0.1) is 34.2 Å². The Labute approximate surface area is 322 Å². The Kier molecular flexibility index (Phi) is 10.5. The molecule has 3 aromatic heterocycles. The summed E-state index contributed by atoms with van der Waals surface area (Å²) in [4.78, 5) is 23.8. The molecule has 2 aliphatic rings. The molecule has 0 bridgehead atoms. The van der Waals surface area contributed by atoms with E-state index in [-0.39, 0.29) is 67.2 Å². The zero-order chi connectivity index (χ0) is 40.2. The summed E-state index contributed by atoms with van der Waals surface area (Å²) in [5.74, 6) is -2.25. The normalized spacial score (nSPS) is 16.3. The third-order valence-electron chi connectivity index (χ3n) is 9.98. The van der Waals surface area contributed by atoms with Crippen LogP contribution in [0.5, 0.6) is 6.01 Å². The van der Waals surface area contributed by atoms with Crippen molar-refractivity contribution in [1.82, 2.24) is 14.9 Å². The van der Waals surface area contributed by atoms with Crippen LogP contribution < -0.4 is 10.1 Å². The molecule has 296 valence electrons. The first kappa shape index (κ1) is 39.3. The van der Waals surface area contributed by atoms with Gasteiger partial charge < -0.3 is 28.6 Å². The van der Waals surface area contributed by atoms with E-state index in [2.05, 4.69) is 20.2 Å². The second kappa shape index (κ2) is 14.9. The smallest absolute Gasteiger partial charge is 0.417 e. The third kappa shape index (κ3) is 7.88. The highest BCUT2D eigenvalue weighted by Gasteiger charge is 2.46. The van der Waals surface area contributed by atoms with E-state index in [0.29, 0.717) is 17.4 Å². The van der Waals surface area contributed by atoms with Gasteiger partial charge in [-0.05, 0) is 70.2 Å². The van der Waals surface area contributed by atoms with Gasteiger partial charge in [-0.1, -0.05) is 6.07 Å². The van der Waals surface area contributed by atoms with E-state index in [1.165, 1.54) is 12.3 Å². The molecule has 0 spiro atoms. The van der Waals surface area contributed by atoms with Crippen LogP contribution in [-0.2, 0) is 22.3 Å². The number of ether oxygens (including phenoxy) is 3. The molecule has 1 amide bonds. The number of thiophene rings is 1. The molecule has 7 rings (SSSR count). The predicted molar refractivity (Wildman–Crippen MR) is 197 cm³/mol. The fraction of sp³-hybridized carbons (Fsp3) is 0.436. The van der Waals surface area contributed by atoms with Gasteiger partial charge in [0.1, 0.15) is 46.6 Å². The molecule has 5 aromatic rings. The molecule has 4 heterocycles. The fourth-order valence-corrected chi connectivity index (χ4v) is 8.12. The van der Waals surface area contributed by atoms with Gasteiger partial charge in [-0.3, -0.25) is 5.32 Å². The number of carbonyl (C=O) groups is 1. The van der Waals surface area contributed by atoms with E-state index >= 15 is 22.0 Å². The van der Waals surface area contributed by atoms with Crippen LogP contribution in [0.25, 0.3) is 43.4 Å². The summed E-state index contributed by atoms with van der Waals surface area (Å²) in [6.45, 7) is 6.89. The van der Waals surface area contributed by atoms with Gasteiger partial charge in [-0.15, -0.1) is 11.3 Å². The maximum absolute atomic E-state index is 17.2. The number of benzene rings is 2. The van der Waals surface area contributed by atoms with E-state index in [9.17, 15) is 15.2 Å². The lowest BCUT2D eigenvalue weighted by atomic mass is 9.92. The van der Waals surface area contributed by atoms with Crippen LogP contribution in [0.4, 0.5) is 31.7 Å². The Morgan fingerprint density at radius 3 is 2.50 bits per heavy atom. The molecule has 0 atom stereocenters. The number of fused-ring (bicyclic) bond motifs is 2. The molecule has 2 aromatic carbocycles. The van der Waals surface area contributed by atoms with Crippen LogP contribution in [0, 0.1) is 28.4 Å².